The molecule has 1 amide bonds. The molecular formula is C23H20N2O5S. The van der Waals surface area contributed by atoms with Crippen LogP contribution in [0.3, 0.4) is 0 Å². The van der Waals surface area contributed by atoms with E-state index in [-0.39, 0.29) is 10.8 Å². The number of fused-ring (bicyclic) bond motifs is 1. The predicted octanol–water partition coefficient (Wildman–Crippen LogP) is 3.35. The number of sulfonamides is 1. The van der Waals surface area contributed by atoms with Crippen LogP contribution in [-0.4, -0.2) is 20.3 Å². The van der Waals surface area contributed by atoms with Crippen LogP contribution in [0.25, 0.3) is 0 Å². The SMILES string of the molecule is Cc1ccc(C2Cc3cc(C(=O)Nc4ccc(S(N)(=O)=O)cc4)ccc3C(=O)O2)cc1. The molecule has 1 atom stereocenters. The van der Waals surface area contributed by atoms with Crippen LogP contribution in [-0.2, 0) is 21.2 Å². The first-order valence-corrected chi connectivity index (χ1v) is 11.1. The molecule has 3 aromatic carbocycles. The molecule has 0 spiro atoms. The van der Waals surface area contributed by atoms with Gasteiger partial charge in [-0.2, -0.15) is 0 Å². The van der Waals surface area contributed by atoms with Gasteiger partial charge in [0.25, 0.3) is 5.91 Å². The number of aryl methyl sites for hydroxylation is 1. The highest BCUT2D eigenvalue weighted by Gasteiger charge is 2.28. The van der Waals surface area contributed by atoms with Crippen LogP contribution in [0.1, 0.15) is 43.5 Å². The zero-order chi connectivity index (χ0) is 22.2. The summed E-state index contributed by atoms with van der Waals surface area (Å²) in [7, 11) is -3.80. The topological polar surface area (TPSA) is 116 Å². The molecule has 158 valence electrons. The van der Waals surface area contributed by atoms with Gasteiger partial charge in [0.05, 0.1) is 10.5 Å². The van der Waals surface area contributed by atoms with E-state index in [9.17, 15) is 18.0 Å². The number of carbonyl (C=O) groups excluding carboxylic acids is 2. The Kier molecular flexibility index (Phi) is 5.34. The first-order valence-electron chi connectivity index (χ1n) is 9.55. The maximum absolute atomic E-state index is 12.7. The van der Waals surface area contributed by atoms with Crippen molar-refractivity contribution in [2.75, 3.05) is 5.32 Å². The zero-order valence-electron chi connectivity index (χ0n) is 16.7. The molecule has 0 saturated heterocycles. The third-order valence-corrected chi connectivity index (χ3v) is 6.06. The molecule has 3 aromatic rings. The van der Waals surface area contributed by atoms with Crippen molar-refractivity contribution in [1.29, 1.82) is 0 Å². The highest BCUT2D eigenvalue weighted by atomic mass is 32.2. The highest BCUT2D eigenvalue weighted by molar-refractivity contribution is 7.89. The van der Waals surface area contributed by atoms with Crippen LogP contribution in [0.5, 0.6) is 0 Å². The highest BCUT2D eigenvalue weighted by Crippen LogP contribution is 2.31. The van der Waals surface area contributed by atoms with Crippen LogP contribution in [0.15, 0.2) is 71.6 Å². The fourth-order valence-electron chi connectivity index (χ4n) is 3.44. The van der Waals surface area contributed by atoms with E-state index >= 15 is 0 Å². The zero-order valence-corrected chi connectivity index (χ0v) is 17.5. The largest absolute Gasteiger partial charge is 0.454 e. The summed E-state index contributed by atoms with van der Waals surface area (Å²) in [6.07, 6.45) is 0.0542. The van der Waals surface area contributed by atoms with E-state index in [2.05, 4.69) is 5.32 Å². The van der Waals surface area contributed by atoms with E-state index in [1.54, 1.807) is 18.2 Å². The normalized spacial score (nSPS) is 15.7. The summed E-state index contributed by atoms with van der Waals surface area (Å²) in [6.45, 7) is 1.99. The molecule has 0 bridgehead atoms. The molecule has 0 radical (unpaired) electrons. The number of cyclic esters (lactones) is 1. The van der Waals surface area contributed by atoms with E-state index in [1.807, 2.05) is 31.2 Å². The minimum Gasteiger partial charge on any atom is -0.454 e. The second-order valence-electron chi connectivity index (χ2n) is 7.40. The van der Waals surface area contributed by atoms with Crippen molar-refractivity contribution in [3.8, 4) is 0 Å². The number of nitrogens with two attached hydrogens (primary N) is 1. The number of anilines is 1. The summed E-state index contributed by atoms with van der Waals surface area (Å²) < 4.78 is 28.3. The number of rotatable bonds is 4. The fraction of sp³-hybridized carbons (Fsp3) is 0.130. The first-order chi connectivity index (χ1) is 14.7. The van der Waals surface area contributed by atoms with E-state index in [4.69, 9.17) is 9.88 Å². The number of benzene rings is 3. The molecule has 1 aliphatic rings. The van der Waals surface area contributed by atoms with E-state index < -0.39 is 22.1 Å². The summed E-state index contributed by atoms with van der Waals surface area (Å²) >= 11 is 0. The number of carbonyl (C=O) groups is 2. The summed E-state index contributed by atoms with van der Waals surface area (Å²) in [6, 6.07) is 18.2. The molecule has 8 heteroatoms. The standard InChI is InChI=1S/C23H20N2O5S/c1-14-2-4-15(5-3-14)21-13-17-12-16(6-11-20(17)23(27)30-21)22(26)25-18-7-9-19(10-8-18)31(24,28)29/h2-12,21H,13H2,1H3,(H,25,26)(H2,24,28,29). The van der Waals surface area contributed by atoms with Crippen LogP contribution in [0.4, 0.5) is 5.69 Å². The number of esters is 1. The van der Waals surface area contributed by atoms with E-state index in [0.717, 1.165) is 16.7 Å². The second-order valence-corrected chi connectivity index (χ2v) is 8.97. The fourth-order valence-corrected chi connectivity index (χ4v) is 3.95. The quantitative estimate of drug-likeness (QED) is 0.609. The van der Waals surface area contributed by atoms with Crippen molar-refractivity contribution in [2.24, 2.45) is 5.14 Å². The molecule has 0 aromatic heterocycles. The number of ether oxygens (including phenoxy) is 1. The minimum absolute atomic E-state index is 0.0417. The molecular weight excluding hydrogens is 416 g/mol. The number of hydrogen-bond donors (Lipinski definition) is 2. The van der Waals surface area contributed by atoms with Gasteiger partial charge in [0.15, 0.2) is 0 Å². The van der Waals surface area contributed by atoms with Crippen molar-refractivity contribution in [3.05, 3.63) is 94.5 Å². The maximum atomic E-state index is 12.7. The molecule has 0 saturated carbocycles. The van der Waals surface area contributed by atoms with Gasteiger partial charge in [-0.1, -0.05) is 29.8 Å². The summed E-state index contributed by atoms with van der Waals surface area (Å²) in [5.74, 6) is -0.797. The lowest BCUT2D eigenvalue weighted by molar-refractivity contribution is 0.0252. The van der Waals surface area contributed by atoms with Crippen molar-refractivity contribution in [1.82, 2.24) is 0 Å². The van der Waals surface area contributed by atoms with Gasteiger partial charge < -0.3 is 10.1 Å². The first kappa shape index (κ1) is 20.8. The molecule has 0 aliphatic carbocycles. The third kappa shape index (κ3) is 4.50. The number of nitrogens with one attached hydrogen (secondary N) is 1. The second kappa shape index (κ2) is 7.98. The average molecular weight is 436 g/mol. The Labute approximate surface area is 179 Å². The molecule has 1 aliphatic heterocycles. The van der Waals surface area contributed by atoms with Gasteiger partial charge in [-0.25, -0.2) is 18.4 Å². The average Bonchev–Trinajstić information content (AvgIpc) is 2.73. The Morgan fingerprint density at radius 3 is 2.35 bits per heavy atom. The number of hydrogen-bond acceptors (Lipinski definition) is 5. The van der Waals surface area contributed by atoms with Gasteiger partial charge in [-0.3, -0.25) is 4.79 Å². The Morgan fingerprint density at radius 2 is 1.71 bits per heavy atom. The van der Waals surface area contributed by atoms with Gasteiger partial charge in [0.1, 0.15) is 6.10 Å². The Balaban J connectivity index is 1.54. The van der Waals surface area contributed by atoms with Crippen molar-refractivity contribution in [2.45, 2.75) is 24.3 Å². The number of primary sulfonamides is 1. The monoisotopic (exact) mass is 436 g/mol. The lowest BCUT2D eigenvalue weighted by atomic mass is 9.92. The van der Waals surface area contributed by atoms with Crippen molar-refractivity contribution < 1.29 is 22.7 Å². The van der Waals surface area contributed by atoms with E-state index in [1.165, 1.54) is 24.3 Å². The molecule has 31 heavy (non-hydrogen) atoms. The summed E-state index contributed by atoms with van der Waals surface area (Å²) in [5.41, 5.74) is 3.99. The predicted molar refractivity (Wildman–Crippen MR) is 115 cm³/mol. The van der Waals surface area contributed by atoms with Gasteiger partial charge in [-0.05, 0) is 60.5 Å². The van der Waals surface area contributed by atoms with Crippen LogP contribution in [0.2, 0.25) is 0 Å². The smallest absolute Gasteiger partial charge is 0.339 e. The van der Waals surface area contributed by atoms with Crippen LogP contribution in [0, 0.1) is 6.92 Å². The molecule has 3 N–H and O–H groups in total. The maximum Gasteiger partial charge on any atom is 0.339 e. The van der Waals surface area contributed by atoms with Gasteiger partial charge in [0.2, 0.25) is 10.0 Å². The molecule has 1 unspecified atom stereocenters. The van der Waals surface area contributed by atoms with Crippen LogP contribution < -0.4 is 10.5 Å². The minimum atomic E-state index is -3.80. The van der Waals surface area contributed by atoms with Crippen molar-refractivity contribution >= 4 is 27.6 Å². The Hall–Kier alpha value is -3.49. The molecule has 7 nitrogen and oxygen atoms in total. The van der Waals surface area contributed by atoms with E-state index in [0.29, 0.717) is 23.2 Å². The Morgan fingerprint density at radius 1 is 1.03 bits per heavy atom. The lowest BCUT2D eigenvalue weighted by Gasteiger charge is -2.25. The third-order valence-electron chi connectivity index (χ3n) is 5.13. The number of amides is 1. The lowest BCUT2D eigenvalue weighted by Crippen LogP contribution is -2.23. The Bertz CT molecular complexity index is 1270. The summed E-state index contributed by atoms with van der Waals surface area (Å²) in [5, 5.41) is 7.80. The van der Waals surface area contributed by atoms with Gasteiger partial charge >= 0.3 is 5.97 Å². The summed E-state index contributed by atoms with van der Waals surface area (Å²) in [4.78, 5) is 25.1. The molecule has 1 heterocycles. The van der Waals surface area contributed by atoms with Gasteiger partial charge in [-0.15, -0.1) is 0 Å². The van der Waals surface area contributed by atoms with Crippen molar-refractivity contribution in [3.63, 3.8) is 0 Å². The van der Waals surface area contributed by atoms with Gasteiger partial charge in [0, 0.05) is 17.7 Å². The molecule has 4 rings (SSSR count). The van der Waals surface area contributed by atoms with Crippen LogP contribution >= 0.6 is 0 Å². The molecule has 0 fully saturated rings.